The summed E-state index contributed by atoms with van der Waals surface area (Å²) in [6, 6.07) is 11.9. The number of rotatable bonds is 8. The summed E-state index contributed by atoms with van der Waals surface area (Å²) < 4.78 is 11.3. The number of fused-ring (bicyclic) bond motifs is 1. The summed E-state index contributed by atoms with van der Waals surface area (Å²) in [5, 5.41) is 4.22. The molecule has 1 aromatic heterocycles. The summed E-state index contributed by atoms with van der Waals surface area (Å²) in [5.74, 6) is 1.82. The van der Waals surface area contributed by atoms with E-state index in [1.54, 1.807) is 11.0 Å². The zero-order valence-corrected chi connectivity index (χ0v) is 21.1. The van der Waals surface area contributed by atoms with Gasteiger partial charge < -0.3 is 24.8 Å². The zero-order valence-electron chi connectivity index (χ0n) is 21.1. The number of aromatic nitrogens is 2. The molecular formula is C27H35N5O3. The molecule has 2 heterocycles. The van der Waals surface area contributed by atoms with E-state index in [1.165, 1.54) is 11.1 Å². The molecule has 186 valence electrons. The van der Waals surface area contributed by atoms with Crippen molar-refractivity contribution < 1.29 is 14.1 Å². The molecule has 0 radical (unpaired) electrons. The topological polar surface area (TPSA) is 97.7 Å². The van der Waals surface area contributed by atoms with Crippen LogP contribution < -0.4 is 10.5 Å². The van der Waals surface area contributed by atoms with E-state index >= 15 is 0 Å². The average Bonchev–Trinajstić information content (AvgIpc) is 3.23. The minimum absolute atomic E-state index is 0.0470. The minimum atomic E-state index is 0.0470. The van der Waals surface area contributed by atoms with Gasteiger partial charge in [-0.1, -0.05) is 17.3 Å². The van der Waals surface area contributed by atoms with E-state index < -0.39 is 0 Å². The van der Waals surface area contributed by atoms with Crippen molar-refractivity contribution in [3.05, 3.63) is 47.5 Å². The van der Waals surface area contributed by atoms with Crippen LogP contribution in [0, 0.1) is 0 Å². The Kier molecular flexibility index (Phi) is 7.70. The molecule has 2 aromatic carbocycles. The average molecular weight is 478 g/mol. The van der Waals surface area contributed by atoms with Crippen molar-refractivity contribution in [1.29, 1.82) is 0 Å². The molecule has 0 aliphatic carbocycles. The van der Waals surface area contributed by atoms with Gasteiger partial charge in [0.2, 0.25) is 11.7 Å². The first-order valence-electron chi connectivity index (χ1n) is 12.2. The van der Waals surface area contributed by atoms with Crippen molar-refractivity contribution in [2.75, 3.05) is 39.5 Å². The maximum Gasteiger partial charge on any atom is 0.258 e. The van der Waals surface area contributed by atoms with Crippen LogP contribution in [0.25, 0.3) is 22.8 Å². The Labute approximate surface area is 207 Å². The molecule has 0 fully saturated rings. The number of ether oxygens (including phenoxy) is 1. The van der Waals surface area contributed by atoms with E-state index in [4.69, 9.17) is 15.0 Å². The molecule has 0 unspecified atom stereocenters. The molecule has 1 aliphatic rings. The Morgan fingerprint density at radius 3 is 2.57 bits per heavy atom. The Hall–Kier alpha value is -3.39. The van der Waals surface area contributed by atoms with Crippen molar-refractivity contribution in [2.45, 2.75) is 45.6 Å². The van der Waals surface area contributed by atoms with Gasteiger partial charge in [0.05, 0.1) is 11.8 Å². The lowest BCUT2D eigenvalue weighted by Gasteiger charge is -2.19. The van der Waals surface area contributed by atoms with Crippen LogP contribution in [0.1, 0.15) is 37.8 Å². The van der Waals surface area contributed by atoms with Crippen molar-refractivity contribution in [3.63, 3.8) is 0 Å². The number of nitrogens with two attached hydrogens (primary N) is 1. The van der Waals surface area contributed by atoms with Crippen LogP contribution in [0.3, 0.4) is 0 Å². The predicted molar refractivity (Wildman–Crippen MR) is 137 cm³/mol. The monoisotopic (exact) mass is 477 g/mol. The zero-order chi connectivity index (χ0) is 24.9. The highest BCUT2D eigenvalue weighted by atomic mass is 16.5. The second-order valence-corrected chi connectivity index (χ2v) is 9.56. The number of carbonyl (C=O) groups excluding carboxylic acids is 1. The van der Waals surface area contributed by atoms with Gasteiger partial charge in [0.25, 0.3) is 5.89 Å². The predicted octanol–water partition coefficient (Wildman–Crippen LogP) is 4.04. The number of carbonyl (C=O) groups is 1. The first kappa shape index (κ1) is 24.7. The van der Waals surface area contributed by atoms with Crippen molar-refractivity contribution in [2.24, 2.45) is 0 Å². The maximum atomic E-state index is 11.8. The lowest BCUT2D eigenvalue weighted by atomic mass is 10.00. The smallest absolute Gasteiger partial charge is 0.258 e. The number of anilines is 1. The third kappa shape index (κ3) is 6.19. The van der Waals surface area contributed by atoms with Gasteiger partial charge in [0.1, 0.15) is 5.75 Å². The van der Waals surface area contributed by atoms with Gasteiger partial charge in [0.15, 0.2) is 0 Å². The summed E-state index contributed by atoms with van der Waals surface area (Å²) in [6.45, 7) is 6.86. The van der Waals surface area contributed by atoms with E-state index in [0.717, 1.165) is 50.0 Å². The van der Waals surface area contributed by atoms with Crippen LogP contribution in [0.15, 0.2) is 40.9 Å². The fourth-order valence-electron chi connectivity index (χ4n) is 4.31. The number of nitrogen functional groups attached to an aromatic ring is 1. The quantitative estimate of drug-likeness (QED) is 0.489. The van der Waals surface area contributed by atoms with E-state index in [0.29, 0.717) is 29.6 Å². The minimum Gasteiger partial charge on any atom is -0.489 e. The van der Waals surface area contributed by atoms with Crippen LogP contribution in [-0.2, 0) is 17.6 Å². The fraction of sp³-hybridized carbons (Fsp3) is 0.444. The summed E-state index contributed by atoms with van der Waals surface area (Å²) >= 11 is 0. The largest absolute Gasteiger partial charge is 0.489 e. The van der Waals surface area contributed by atoms with Crippen molar-refractivity contribution in [3.8, 4) is 28.6 Å². The number of amides is 1. The molecule has 0 saturated heterocycles. The van der Waals surface area contributed by atoms with Crippen molar-refractivity contribution >= 4 is 11.6 Å². The molecule has 1 amide bonds. The number of benzene rings is 2. The summed E-state index contributed by atoms with van der Waals surface area (Å²) in [4.78, 5) is 20.6. The number of nitrogens with zero attached hydrogens (tertiary/aromatic N) is 4. The highest BCUT2D eigenvalue weighted by Gasteiger charge is 2.18. The molecule has 0 bridgehead atoms. The third-order valence-electron chi connectivity index (χ3n) is 6.27. The highest BCUT2D eigenvalue weighted by Crippen LogP contribution is 2.30. The molecule has 4 rings (SSSR count). The van der Waals surface area contributed by atoms with Crippen LogP contribution in [0.2, 0.25) is 0 Å². The molecule has 35 heavy (non-hydrogen) atoms. The molecule has 0 atom stereocenters. The first-order valence-corrected chi connectivity index (χ1v) is 12.2. The maximum absolute atomic E-state index is 11.8. The Morgan fingerprint density at radius 1 is 1.11 bits per heavy atom. The molecule has 0 saturated carbocycles. The molecule has 8 nitrogen and oxygen atoms in total. The highest BCUT2D eigenvalue weighted by molar-refractivity contribution is 5.75. The summed E-state index contributed by atoms with van der Waals surface area (Å²) in [5.41, 5.74) is 11.1. The lowest BCUT2D eigenvalue weighted by molar-refractivity contribution is -0.128. The van der Waals surface area contributed by atoms with Gasteiger partial charge in [0, 0.05) is 44.7 Å². The first-order chi connectivity index (χ1) is 16.8. The van der Waals surface area contributed by atoms with Gasteiger partial charge in [-0.2, -0.15) is 4.98 Å². The second-order valence-electron chi connectivity index (χ2n) is 9.56. The molecule has 8 heteroatoms. The normalized spacial score (nSPS) is 14.0. The molecule has 0 spiro atoms. The van der Waals surface area contributed by atoms with Gasteiger partial charge >= 0.3 is 0 Å². The van der Waals surface area contributed by atoms with E-state index in [9.17, 15) is 4.79 Å². The van der Waals surface area contributed by atoms with Crippen LogP contribution in [-0.4, -0.2) is 65.7 Å². The molecule has 3 aromatic rings. The molecular weight excluding hydrogens is 442 g/mol. The van der Waals surface area contributed by atoms with Gasteiger partial charge in [-0.05, 0) is 75.0 Å². The van der Waals surface area contributed by atoms with Gasteiger partial charge in [-0.3, -0.25) is 4.79 Å². The standard InChI is InChI=1S/C27H35N5O3/c1-18(2)34-24-10-9-22(17-23(24)28)27-29-26(30-35-27)21-8-7-19-11-14-32(15-12-20(19)16-21)13-5-6-25(33)31(3)4/h7-10,16-18H,5-6,11-15,28H2,1-4H3. The fourth-order valence-corrected chi connectivity index (χ4v) is 4.31. The Morgan fingerprint density at radius 2 is 1.86 bits per heavy atom. The van der Waals surface area contributed by atoms with Gasteiger partial charge in [-0.15, -0.1) is 0 Å². The third-order valence-corrected chi connectivity index (χ3v) is 6.27. The Bertz CT molecular complexity index is 1170. The van der Waals surface area contributed by atoms with Crippen LogP contribution in [0.5, 0.6) is 5.75 Å². The van der Waals surface area contributed by atoms with Crippen LogP contribution in [0.4, 0.5) is 5.69 Å². The summed E-state index contributed by atoms with van der Waals surface area (Å²) in [6.07, 6.45) is 3.49. The molecule has 2 N–H and O–H groups in total. The van der Waals surface area contributed by atoms with Crippen molar-refractivity contribution in [1.82, 2.24) is 19.9 Å². The van der Waals surface area contributed by atoms with Crippen LogP contribution >= 0.6 is 0 Å². The number of hydrogen-bond donors (Lipinski definition) is 1. The van der Waals surface area contributed by atoms with E-state index in [-0.39, 0.29) is 12.0 Å². The van der Waals surface area contributed by atoms with E-state index in [1.807, 2.05) is 40.1 Å². The second kappa shape index (κ2) is 10.9. The van der Waals surface area contributed by atoms with E-state index in [2.05, 4.69) is 33.2 Å². The van der Waals surface area contributed by atoms with Gasteiger partial charge in [-0.25, -0.2) is 0 Å². The Balaban J connectivity index is 1.42. The lowest BCUT2D eigenvalue weighted by Crippen LogP contribution is -2.29. The molecule has 1 aliphatic heterocycles. The number of hydrogen-bond acceptors (Lipinski definition) is 7. The summed E-state index contributed by atoms with van der Waals surface area (Å²) in [7, 11) is 3.62. The SMILES string of the molecule is CC(C)Oc1ccc(-c2nc(-c3ccc4c(c3)CCN(CCCC(=O)N(C)C)CC4)no2)cc1N.